The van der Waals surface area contributed by atoms with Crippen LogP contribution in [0.1, 0.15) is 30.5 Å². The molecule has 4 nitrogen and oxygen atoms in total. The number of aromatic nitrogens is 2. The van der Waals surface area contributed by atoms with Crippen LogP contribution in [0.4, 0.5) is 0 Å². The van der Waals surface area contributed by atoms with Crippen molar-refractivity contribution >= 4 is 17.5 Å². The van der Waals surface area contributed by atoms with Crippen LogP contribution in [0.5, 0.6) is 0 Å². The summed E-state index contributed by atoms with van der Waals surface area (Å²) in [5.74, 6) is 1.20. The second-order valence-electron chi connectivity index (χ2n) is 6.17. The van der Waals surface area contributed by atoms with E-state index < -0.39 is 0 Å². The van der Waals surface area contributed by atoms with E-state index in [-0.39, 0.29) is 11.9 Å². The van der Waals surface area contributed by atoms with Gasteiger partial charge in [-0.2, -0.15) is 5.10 Å². The zero-order valence-corrected chi connectivity index (χ0v) is 13.5. The highest BCUT2D eigenvalue weighted by molar-refractivity contribution is 6.30. The Hall–Kier alpha value is -1.81. The van der Waals surface area contributed by atoms with Crippen LogP contribution in [0.2, 0.25) is 5.02 Å². The molecule has 1 amide bonds. The molecule has 3 rings (SSSR count). The number of nitrogens with one attached hydrogen (secondary N) is 1. The van der Waals surface area contributed by atoms with E-state index in [9.17, 15) is 4.79 Å². The molecule has 116 valence electrons. The average Bonchev–Trinajstić information content (AvgIpc) is 3.06. The van der Waals surface area contributed by atoms with E-state index >= 15 is 0 Å². The van der Waals surface area contributed by atoms with Crippen LogP contribution in [0, 0.1) is 11.8 Å². The lowest BCUT2D eigenvalue weighted by atomic mass is 10.0. The zero-order chi connectivity index (χ0) is 15.7. The standard InChI is InChI=1S/C17H20ClN3O/c1-11-7-15(11)17(13-3-5-14(18)6-4-13)20-16(22)8-12-9-19-21(2)10-12/h3-6,9-11,15,17H,7-8H2,1-2H3,(H,20,22)/t11-,15-,17+/m1/s1. The van der Waals surface area contributed by atoms with Gasteiger partial charge in [0.15, 0.2) is 0 Å². The first kappa shape index (κ1) is 15.1. The van der Waals surface area contributed by atoms with Crippen molar-refractivity contribution in [1.82, 2.24) is 15.1 Å². The number of benzene rings is 1. The second kappa shape index (κ2) is 6.13. The second-order valence-corrected chi connectivity index (χ2v) is 6.61. The highest BCUT2D eigenvalue weighted by atomic mass is 35.5. The van der Waals surface area contributed by atoms with Gasteiger partial charge in [-0.05, 0) is 41.5 Å². The summed E-state index contributed by atoms with van der Waals surface area (Å²) in [6.07, 6.45) is 5.12. The molecule has 0 unspecified atom stereocenters. The quantitative estimate of drug-likeness (QED) is 0.921. The highest BCUT2D eigenvalue weighted by Crippen LogP contribution is 2.47. The molecule has 1 aliphatic rings. The summed E-state index contributed by atoms with van der Waals surface area (Å²) in [4.78, 5) is 12.3. The fraction of sp³-hybridized carbons (Fsp3) is 0.412. The van der Waals surface area contributed by atoms with Crippen molar-refractivity contribution in [3.05, 3.63) is 52.8 Å². The number of carbonyl (C=O) groups is 1. The van der Waals surface area contributed by atoms with Crippen molar-refractivity contribution in [2.45, 2.75) is 25.8 Å². The van der Waals surface area contributed by atoms with Crippen molar-refractivity contribution in [3.8, 4) is 0 Å². The summed E-state index contributed by atoms with van der Waals surface area (Å²) in [6.45, 7) is 2.22. The molecular weight excluding hydrogens is 298 g/mol. The molecule has 1 fully saturated rings. The van der Waals surface area contributed by atoms with Gasteiger partial charge in [-0.15, -0.1) is 0 Å². The van der Waals surface area contributed by atoms with Gasteiger partial charge in [0.05, 0.1) is 18.7 Å². The first-order valence-electron chi connectivity index (χ1n) is 7.55. The number of carbonyl (C=O) groups excluding carboxylic acids is 1. The summed E-state index contributed by atoms with van der Waals surface area (Å²) in [5, 5.41) is 8.00. The Morgan fingerprint density at radius 3 is 2.68 bits per heavy atom. The molecule has 0 radical (unpaired) electrons. The van der Waals surface area contributed by atoms with Crippen molar-refractivity contribution < 1.29 is 4.79 Å². The topological polar surface area (TPSA) is 46.9 Å². The molecule has 1 aromatic heterocycles. The Balaban J connectivity index is 1.70. The van der Waals surface area contributed by atoms with Gasteiger partial charge in [0.1, 0.15) is 0 Å². The van der Waals surface area contributed by atoms with Gasteiger partial charge < -0.3 is 5.32 Å². The maximum absolute atomic E-state index is 12.3. The Kier molecular flexibility index (Phi) is 4.21. The molecule has 1 heterocycles. The molecule has 22 heavy (non-hydrogen) atoms. The summed E-state index contributed by atoms with van der Waals surface area (Å²) >= 11 is 5.96. The molecule has 0 bridgehead atoms. The van der Waals surface area contributed by atoms with Crippen LogP contribution in [-0.4, -0.2) is 15.7 Å². The maximum atomic E-state index is 12.3. The largest absolute Gasteiger partial charge is 0.349 e. The normalized spacial score (nSPS) is 21.4. The number of halogens is 1. The number of aryl methyl sites for hydroxylation is 1. The number of nitrogens with zero attached hydrogens (tertiary/aromatic N) is 2. The van der Waals surface area contributed by atoms with Gasteiger partial charge in [0.25, 0.3) is 0 Å². The predicted octanol–water partition coefficient (Wildman–Crippen LogP) is 3.13. The van der Waals surface area contributed by atoms with Crippen molar-refractivity contribution in [3.63, 3.8) is 0 Å². The van der Waals surface area contributed by atoms with Crippen LogP contribution in [-0.2, 0) is 18.3 Å². The third-order valence-corrected chi connectivity index (χ3v) is 4.52. The van der Waals surface area contributed by atoms with E-state index in [1.165, 1.54) is 0 Å². The minimum atomic E-state index is 0.0343. The van der Waals surface area contributed by atoms with Crippen molar-refractivity contribution in [2.24, 2.45) is 18.9 Å². The molecule has 1 aromatic carbocycles. The SMILES string of the molecule is C[C@@H]1C[C@H]1[C@@H](NC(=O)Cc1cnn(C)c1)c1ccc(Cl)cc1. The van der Waals surface area contributed by atoms with Crippen molar-refractivity contribution in [1.29, 1.82) is 0 Å². The molecule has 1 saturated carbocycles. The van der Waals surface area contributed by atoms with E-state index in [0.29, 0.717) is 23.3 Å². The van der Waals surface area contributed by atoms with E-state index in [0.717, 1.165) is 17.5 Å². The summed E-state index contributed by atoms with van der Waals surface area (Å²) in [5.41, 5.74) is 2.05. The molecule has 3 atom stereocenters. The van der Waals surface area contributed by atoms with E-state index in [4.69, 9.17) is 11.6 Å². The fourth-order valence-electron chi connectivity index (χ4n) is 2.90. The van der Waals surface area contributed by atoms with Crippen LogP contribution in [0.3, 0.4) is 0 Å². The Bertz CT molecular complexity index is 665. The number of amides is 1. The van der Waals surface area contributed by atoms with Gasteiger partial charge in [-0.25, -0.2) is 0 Å². The van der Waals surface area contributed by atoms with Gasteiger partial charge >= 0.3 is 0 Å². The molecule has 1 aliphatic carbocycles. The molecular formula is C17H20ClN3O. The number of hydrogen-bond donors (Lipinski definition) is 1. The van der Waals surface area contributed by atoms with Crippen LogP contribution in [0.25, 0.3) is 0 Å². The minimum absolute atomic E-state index is 0.0343. The molecule has 5 heteroatoms. The lowest BCUT2D eigenvalue weighted by molar-refractivity contribution is -0.121. The van der Waals surface area contributed by atoms with E-state index in [1.807, 2.05) is 37.5 Å². The molecule has 0 spiro atoms. The minimum Gasteiger partial charge on any atom is -0.349 e. The molecule has 0 aliphatic heterocycles. The zero-order valence-electron chi connectivity index (χ0n) is 12.8. The maximum Gasteiger partial charge on any atom is 0.225 e. The monoisotopic (exact) mass is 317 g/mol. The smallest absolute Gasteiger partial charge is 0.225 e. The molecule has 0 saturated heterocycles. The van der Waals surface area contributed by atoms with Gasteiger partial charge in [0, 0.05) is 18.3 Å². The fourth-order valence-corrected chi connectivity index (χ4v) is 3.02. The Morgan fingerprint density at radius 2 is 2.14 bits per heavy atom. The molecule has 1 N–H and O–H groups in total. The van der Waals surface area contributed by atoms with E-state index in [2.05, 4.69) is 17.3 Å². The summed E-state index contributed by atoms with van der Waals surface area (Å²) in [6, 6.07) is 7.83. The van der Waals surface area contributed by atoms with Gasteiger partial charge in [-0.3, -0.25) is 9.48 Å². The highest BCUT2D eigenvalue weighted by Gasteiger charge is 2.40. The Labute approximate surface area is 135 Å². The first-order chi connectivity index (χ1) is 10.5. The van der Waals surface area contributed by atoms with Crippen LogP contribution < -0.4 is 5.32 Å². The Morgan fingerprint density at radius 1 is 1.45 bits per heavy atom. The number of hydrogen-bond acceptors (Lipinski definition) is 2. The van der Waals surface area contributed by atoms with Crippen LogP contribution >= 0.6 is 11.6 Å². The number of rotatable bonds is 5. The lowest BCUT2D eigenvalue weighted by Crippen LogP contribution is -2.31. The lowest BCUT2D eigenvalue weighted by Gasteiger charge is -2.19. The molecule has 2 aromatic rings. The summed E-state index contributed by atoms with van der Waals surface area (Å²) < 4.78 is 1.71. The third-order valence-electron chi connectivity index (χ3n) is 4.27. The predicted molar refractivity (Wildman–Crippen MR) is 86.5 cm³/mol. The van der Waals surface area contributed by atoms with Crippen molar-refractivity contribution in [2.75, 3.05) is 0 Å². The van der Waals surface area contributed by atoms with Gasteiger partial charge in [-0.1, -0.05) is 30.7 Å². The van der Waals surface area contributed by atoms with Crippen LogP contribution in [0.15, 0.2) is 36.7 Å². The third kappa shape index (κ3) is 3.50. The first-order valence-corrected chi connectivity index (χ1v) is 7.93. The summed E-state index contributed by atoms with van der Waals surface area (Å²) in [7, 11) is 1.85. The van der Waals surface area contributed by atoms with Gasteiger partial charge in [0.2, 0.25) is 5.91 Å². The average molecular weight is 318 g/mol. The van der Waals surface area contributed by atoms with E-state index in [1.54, 1.807) is 10.9 Å².